The van der Waals surface area contributed by atoms with Crippen molar-refractivity contribution in [1.82, 2.24) is 14.8 Å². The largest absolute Gasteiger partial charge is 0.396 e. The second kappa shape index (κ2) is 7.66. The van der Waals surface area contributed by atoms with Crippen LogP contribution in [-0.2, 0) is 13.1 Å². The highest BCUT2D eigenvalue weighted by Gasteiger charge is 2.20. The van der Waals surface area contributed by atoms with Crippen LogP contribution in [0.25, 0.3) is 0 Å². The number of aryl methyl sites for hydroxylation is 1. The topological polar surface area (TPSA) is 66.2 Å². The first-order chi connectivity index (χ1) is 11.7. The number of aliphatic hydroxyl groups is 1. The Morgan fingerprint density at radius 2 is 1.96 bits per heavy atom. The highest BCUT2D eigenvalue weighted by atomic mass is 16.3. The summed E-state index contributed by atoms with van der Waals surface area (Å²) in [5.74, 6) is 2.37. The van der Waals surface area contributed by atoms with Gasteiger partial charge in [-0.3, -0.25) is 0 Å². The van der Waals surface area contributed by atoms with Gasteiger partial charge in [0.2, 0.25) is 0 Å². The van der Waals surface area contributed by atoms with E-state index in [1.54, 1.807) is 0 Å². The maximum Gasteiger partial charge on any atom is 0.152 e. The molecule has 130 valence electrons. The van der Waals surface area contributed by atoms with Gasteiger partial charge in [-0.25, -0.2) is 0 Å². The van der Waals surface area contributed by atoms with E-state index in [0.717, 1.165) is 49.8 Å². The number of nitrogens with zero attached hydrogens (tertiary/aromatic N) is 4. The van der Waals surface area contributed by atoms with E-state index in [1.807, 2.05) is 6.92 Å². The molecule has 6 heteroatoms. The van der Waals surface area contributed by atoms with Gasteiger partial charge in [-0.15, -0.1) is 10.2 Å². The molecule has 1 aromatic carbocycles. The molecule has 0 amide bonds. The van der Waals surface area contributed by atoms with Gasteiger partial charge in [-0.2, -0.15) is 0 Å². The Balaban J connectivity index is 1.70. The molecule has 1 aliphatic rings. The zero-order chi connectivity index (χ0) is 16.9. The molecule has 6 nitrogen and oxygen atoms in total. The summed E-state index contributed by atoms with van der Waals surface area (Å²) in [5.41, 5.74) is 2.36. The summed E-state index contributed by atoms with van der Waals surface area (Å²) in [6, 6.07) is 8.42. The van der Waals surface area contributed by atoms with Crippen molar-refractivity contribution in [3.63, 3.8) is 0 Å². The summed E-state index contributed by atoms with van der Waals surface area (Å²) in [6.45, 7) is 7.94. The molecule has 2 heterocycles. The standard InChI is InChI=1S/C18H27N5O/c1-3-23-14(2)20-21-18(23)12-19-16-6-4-5-7-17(16)22-10-8-15(13-24)9-11-22/h4-7,15,19,24H,3,8-13H2,1-2H3. The van der Waals surface area contributed by atoms with E-state index >= 15 is 0 Å². The minimum Gasteiger partial charge on any atom is -0.396 e. The predicted molar refractivity (Wildman–Crippen MR) is 96.2 cm³/mol. The zero-order valence-corrected chi connectivity index (χ0v) is 14.6. The van der Waals surface area contributed by atoms with Crippen LogP contribution in [-0.4, -0.2) is 39.6 Å². The van der Waals surface area contributed by atoms with E-state index in [1.165, 1.54) is 5.69 Å². The second-order valence-corrected chi connectivity index (χ2v) is 6.39. The molecule has 0 spiro atoms. The number of benzene rings is 1. The Labute approximate surface area is 143 Å². The molecular formula is C18H27N5O. The Hall–Kier alpha value is -2.08. The number of nitrogens with one attached hydrogen (secondary N) is 1. The van der Waals surface area contributed by atoms with Gasteiger partial charge < -0.3 is 19.9 Å². The van der Waals surface area contributed by atoms with E-state index in [-0.39, 0.29) is 0 Å². The Kier molecular flexibility index (Phi) is 5.35. The van der Waals surface area contributed by atoms with Crippen molar-refractivity contribution in [2.75, 3.05) is 29.9 Å². The predicted octanol–water partition coefficient (Wildman–Crippen LogP) is 2.43. The summed E-state index contributed by atoms with van der Waals surface area (Å²) in [6.07, 6.45) is 2.10. The average molecular weight is 329 g/mol. The Morgan fingerprint density at radius 3 is 2.67 bits per heavy atom. The number of aliphatic hydroxyl groups excluding tert-OH is 1. The normalized spacial score (nSPS) is 15.7. The van der Waals surface area contributed by atoms with Crippen LogP contribution in [0, 0.1) is 12.8 Å². The van der Waals surface area contributed by atoms with Crippen LogP contribution in [0.3, 0.4) is 0 Å². The van der Waals surface area contributed by atoms with E-state index < -0.39 is 0 Å². The van der Waals surface area contributed by atoms with Crippen LogP contribution in [0.15, 0.2) is 24.3 Å². The minimum atomic E-state index is 0.305. The van der Waals surface area contributed by atoms with Crippen LogP contribution in [0.2, 0.25) is 0 Å². The summed E-state index contributed by atoms with van der Waals surface area (Å²) in [7, 11) is 0. The molecule has 2 aromatic rings. The third-order valence-corrected chi connectivity index (χ3v) is 4.88. The lowest BCUT2D eigenvalue weighted by molar-refractivity contribution is 0.203. The van der Waals surface area contributed by atoms with E-state index in [9.17, 15) is 5.11 Å². The summed E-state index contributed by atoms with van der Waals surface area (Å²) >= 11 is 0. The number of para-hydroxylation sites is 2. The molecule has 0 bridgehead atoms. The van der Waals surface area contributed by atoms with Crippen molar-refractivity contribution in [1.29, 1.82) is 0 Å². The number of hydrogen-bond acceptors (Lipinski definition) is 5. The molecule has 0 saturated carbocycles. The molecule has 0 atom stereocenters. The smallest absolute Gasteiger partial charge is 0.152 e. The van der Waals surface area contributed by atoms with Crippen LogP contribution < -0.4 is 10.2 Å². The monoisotopic (exact) mass is 329 g/mol. The lowest BCUT2D eigenvalue weighted by Crippen LogP contribution is -2.35. The maximum atomic E-state index is 9.32. The summed E-state index contributed by atoms with van der Waals surface area (Å²) in [5, 5.41) is 21.3. The first-order valence-electron chi connectivity index (χ1n) is 8.80. The van der Waals surface area contributed by atoms with Gasteiger partial charge in [0.05, 0.1) is 17.9 Å². The third-order valence-electron chi connectivity index (χ3n) is 4.88. The number of anilines is 2. The van der Waals surface area contributed by atoms with Crippen LogP contribution >= 0.6 is 0 Å². The van der Waals surface area contributed by atoms with Crippen LogP contribution in [0.1, 0.15) is 31.4 Å². The van der Waals surface area contributed by atoms with Crippen molar-refractivity contribution in [3.05, 3.63) is 35.9 Å². The molecule has 0 radical (unpaired) electrons. The molecule has 1 fully saturated rings. The van der Waals surface area contributed by atoms with Crippen LogP contribution in [0.4, 0.5) is 11.4 Å². The van der Waals surface area contributed by atoms with Crippen molar-refractivity contribution in [2.24, 2.45) is 5.92 Å². The number of piperidine rings is 1. The Bertz CT molecular complexity index is 661. The molecule has 0 aliphatic carbocycles. The molecule has 2 N–H and O–H groups in total. The van der Waals surface area contributed by atoms with E-state index in [2.05, 4.69) is 56.2 Å². The maximum absolute atomic E-state index is 9.32. The summed E-state index contributed by atoms with van der Waals surface area (Å²) in [4.78, 5) is 2.41. The zero-order valence-electron chi connectivity index (χ0n) is 14.6. The van der Waals surface area contributed by atoms with Gasteiger partial charge in [0.1, 0.15) is 5.82 Å². The first-order valence-corrected chi connectivity index (χ1v) is 8.80. The van der Waals surface area contributed by atoms with Crippen molar-refractivity contribution in [2.45, 2.75) is 39.8 Å². The van der Waals surface area contributed by atoms with Gasteiger partial charge in [-0.1, -0.05) is 12.1 Å². The molecule has 1 aliphatic heterocycles. The fraction of sp³-hybridized carbons (Fsp3) is 0.556. The number of rotatable bonds is 6. The van der Waals surface area contributed by atoms with Crippen molar-refractivity contribution >= 4 is 11.4 Å². The van der Waals surface area contributed by atoms with E-state index in [0.29, 0.717) is 19.1 Å². The number of aromatic nitrogens is 3. The SMILES string of the molecule is CCn1c(C)nnc1CNc1ccccc1N1CCC(CO)CC1. The van der Waals surface area contributed by atoms with Gasteiger partial charge in [-0.05, 0) is 44.7 Å². The van der Waals surface area contributed by atoms with Gasteiger partial charge >= 0.3 is 0 Å². The molecule has 1 saturated heterocycles. The molecule has 1 aromatic heterocycles. The quantitative estimate of drug-likeness (QED) is 0.852. The van der Waals surface area contributed by atoms with E-state index in [4.69, 9.17) is 0 Å². The van der Waals surface area contributed by atoms with Crippen molar-refractivity contribution in [3.8, 4) is 0 Å². The third kappa shape index (κ3) is 3.53. The fourth-order valence-corrected chi connectivity index (χ4v) is 3.40. The second-order valence-electron chi connectivity index (χ2n) is 6.39. The highest BCUT2D eigenvalue weighted by molar-refractivity contribution is 5.70. The van der Waals surface area contributed by atoms with Gasteiger partial charge in [0, 0.05) is 26.2 Å². The van der Waals surface area contributed by atoms with Crippen molar-refractivity contribution < 1.29 is 5.11 Å². The Morgan fingerprint density at radius 1 is 1.21 bits per heavy atom. The molecule has 3 rings (SSSR count). The fourth-order valence-electron chi connectivity index (χ4n) is 3.40. The van der Waals surface area contributed by atoms with Crippen LogP contribution in [0.5, 0.6) is 0 Å². The molecule has 24 heavy (non-hydrogen) atoms. The average Bonchev–Trinajstić information content (AvgIpc) is 3.00. The lowest BCUT2D eigenvalue weighted by atomic mass is 9.97. The molecular weight excluding hydrogens is 302 g/mol. The molecule has 0 unspecified atom stereocenters. The van der Waals surface area contributed by atoms with Gasteiger partial charge in [0.15, 0.2) is 5.82 Å². The summed E-state index contributed by atoms with van der Waals surface area (Å²) < 4.78 is 2.13. The highest BCUT2D eigenvalue weighted by Crippen LogP contribution is 2.30. The lowest BCUT2D eigenvalue weighted by Gasteiger charge is -2.34. The minimum absolute atomic E-state index is 0.305. The number of hydrogen-bond donors (Lipinski definition) is 2. The van der Waals surface area contributed by atoms with Gasteiger partial charge in [0.25, 0.3) is 0 Å². The first kappa shape index (κ1) is 16.8.